The maximum atomic E-state index is 10.7. The molecular weight excluding hydrogens is 555 g/mol. The molecule has 1 saturated heterocycles. The fourth-order valence-electron chi connectivity index (χ4n) is 5.07. The molecule has 1 aliphatic heterocycles. The smallest absolute Gasteiger partial charge is 0.174 e. The molecule has 202 valence electrons. The monoisotopic (exact) mass is 582 g/mol. The van der Waals surface area contributed by atoms with Gasteiger partial charge in [0.1, 0.15) is 18.1 Å². The van der Waals surface area contributed by atoms with Crippen molar-refractivity contribution in [2.75, 3.05) is 25.2 Å². The summed E-state index contributed by atoms with van der Waals surface area (Å²) in [6.45, 7) is 4.88. The number of aromatic nitrogens is 2. The molecule has 3 heterocycles. The van der Waals surface area contributed by atoms with Gasteiger partial charge in [-0.3, -0.25) is 4.98 Å². The van der Waals surface area contributed by atoms with Crippen LogP contribution in [0.1, 0.15) is 34.7 Å². The molecule has 0 saturated carbocycles. The molecule has 10 heteroatoms. The second kappa shape index (κ2) is 11.4. The fraction of sp³-hybridized carbons (Fsp3) is 0.241. The summed E-state index contributed by atoms with van der Waals surface area (Å²) < 4.78 is 12.8. The summed E-state index contributed by atoms with van der Waals surface area (Å²) in [5.41, 5.74) is 5.18. The van der Waals surface area contributed by atoms with Gasteiger partial charge < -0.3 is 29.4 Å². The molecule has 5 rings (SSSR count). The number of aryl methyl sites for hydroxylation is 1. The summed E-state index contributed by atoms with van der Waals surface area (Å²) in [7, 11) is 1.62. The van der Waals surface area contributed by atoms with E-state index in [4.69, 9.17) is 44.9 Å². The van der Waals surface area contributed by atoms with Crippen LogP contribution in [0.15, 0.2) is 66.9 Å². The van der Waals surface area contributed by atoms with Gasteiger partial charge in [-0.2, -0.15) is 0 Å². The molecule has 1 aliphatic rings. The van der Waals surface area contributed by atoms with Gasteiger partial charge in [-0.1, -0.05) is 29.3 Å². The summed E-state index contributed by atoms with van der Waals surface area (Å²) in [5.74, 6) is 0.713. The highest BCUT2D eigenvalue weighted by Gasteiger charge is 2.42. The maximum Gasteiger partial charge on any atom is 0.174 e. The van der Waals surface area contributed by atoms with Gasteiger partial charge in [0.25, 0.3) is 0 Å². The van der Waals surface area contributed by atoms with Crippen molar-refractivity contribution in [3.63, 3.8) is 0 Å². The SMILES string of the molecule is COCCOc1ccc(N2C(=S)N[C@H](c3ccccn3)[C@H]2c2cc(C)n(-c3cc(Cl)ccc3O)c2C)cc1Cl. The summed E-state index contributed by atoms with van der Waals surface area (Å²) in [4.78, 5) is 6.70. The van der Waals surface area contributed by atoms with Gasteiger partial charge in [0.05, 0.1) is 35.1 Å². The van der Waals surface area contributed by atoms with Gasteiger partial charge in [-0.25, -0.2) is 0 Å². The molecule has 1 fully saturated rings. The lowest BCUT2D eigenvalue weighted by Gasteiger charge is -2.28. The van der Waals surface area contributed by atoms with Gasteiger partial charge in [-0.15, -0.1) is 0 Å². The zero-order chi connectivity index (χ0) is 27.7. The molecule has 0 bridgehead atoms. The Morgan fingerprint density at radius 1 is 1.05 bits per heavy atom. The Bertz CT molecular complexity index is 1510. The molecule has 0 spiro atoms. The third kappa shape index (κ3) is 5.30. The van der Waals surface area contributed by atoms with E-state index in [2.05, 4.69) is 21.3 Å². The highest BCUT2D eigenvalue weighted by Crippen LogP contribution is 2.45. The lowest BCUT2D eigenvalue weighted by molar-refractivity contribution is 0.146. The average Bonchev–Trinajstić information content (AvgIpc) is 3.42. The first-order valence-corrected chi connectivity index (χ1v) is 13.6. The van der Waals surface area contributed by atoms with E-state index in [1.54, 1.807) is 31.5 Å². The minimum absolute atomic E-state index is 0.141. The molecule has 2 atom stereocenters. The predicted molar refractivity (Wildman–Crippen MR) is 159 cm³/mol. The quantitative estimate of drug-likeness (QED) is 0.177. The van der Waals surface area contributed by atoms with Gasteiger partial charge in [0.2, 0.25) is 0 Å². The largest absolute Gasteiger partial charge is 0.506 e. The Morgan fingerprint density at radius 3 is 2.59 bits per heavy atom. The average molecular weight is 584 g/mol. The number of hydrogen-bond acceptors (Lipinski definition) is 5. The van der Waals surface area contributed by atoms with Crippen LogP contribution < -0.4 is 15.0 Å². The summed E-state index contributed by atoms with van der Waals surface area (Å²) in [5, 5.41) is 15.7. The molecule has 0 unspecified atom stereocenters. The predicted octanol–water partition coefficient (Wildman–Crippen LogP) is 6.70. The lowest BCUT2D eigenvalue weighted by Crippen LogP contribution is -2.29. The summed E-state index contributed by atoms with van der Waals surface area (Å²) in [6, 6.07) is 18.1. The van der Waals surface area contributed by atoms with Crippen molar-refractivity contribution in [1.29, 1.82) is 0 Å². The topological polar surface area (TPSA) is 71.8 Å². The van der Waals surface area contributed by atoms with Crippen molar-refractivity contribution < 1.29 is 14.6 Å². The van der Waals surface area contributed by atoms with Gasteiger partial charge in [-0.05, 0) is 86.2 Å². The molecular formula is C29H28Cl2N4O3S. The number of hydrogen-bond donors (Lipinski definition) is 2. The zero-order valence-electron chi connectivity index (χ0n) is 21.7. The van der Waals surface area contributed by atoms with Crippen molar-refractivity contribution in [2.24, 2.45) is 0 Å². The number of methoxy groups -OCH3 is 1. The van der Waals surface area contributed by atoms with E-state index in [0.717, 1.165) is 28.3 Å². The number of phenolic OH excluding ortho intramolecular Hbond substituents is 1. The standard InChI is InChI=1S/C29H28Cl2N4O3S/c1-17-14-21(18(2)34(17)24-15-19(30)7-9-25(24)36)28-27(23-6-4-5-11-32-23)33-29(39)35(28)20-8-10-26(22(31)16-20)38-13-12-37-3/h4-11,14-16,27-28,36H,12-13H2,1-3H3,(H,33,39)/t27-,28-/m1/s1. The van der Waals surface area contributed by atoms with Crippen molar-refractivity contribution in [1.82, 2.24) is 14.9 Å². The van der Waals surface area contributed by atoms with E-state index in [9.17, 15) is 5.11 Å². The molecule has 7 nitrogen and oxygen atoms in total. The first-order chi connectivity index (χ1) is 18.8. The van der Waals surface area contributed by atoms with Crippen LogP contribution in [0.25, 0.3) is 5.69 Å². The number of aromatic hydroxyl groups is 1. The molecule has 39 heavy (non-hydrogen) atoms. The highest BCUT2D eigenvalue weighted by molar-refractivity contribution is 7.80. The Kier molecular flexibility index (Phi) is 8.00. The molecule has 2 aromatic carbocycles. The fourth-order valence-corrected chi connectivity index (χ4v) is 5.82. The second-order valence-electron chi connectivity index (χ2n) is 9.25. The number of pyridine rings is 1. The van der Waals surface area contributed by atoms with Crippen LogP contribution in [-0.2, 0) is 4.74 Å². The van der Waals surface area contributed by atoms with Crippen molar-refractivity contribution in [3.8, 4) is 17.2 Å². The number of rotatable bonds is 8. The van der Waals surface area contributed by atoms with Crippen LogP contribution >= 0.6 is 35.4 Å². The van der Waals surface area contributed by atoms with E-state index >= 15 is 0 Å². The van der Waals surface area contributed by atoms with Crippen LogP contribution in [0, 0.1) is 13.8 Å². The lowest BCUT2D eigenvalue weighted by atomic mass is 9.96. The molecule has 2 N–H and O–H groups in total. The normalized spacial score (nSPS) is 16.9. The number of halogens is 2. The van der Waals surface area contributed by atoms with E-state index < -0.39 is 0 Å². The number of nitrogens with zero attached hydrogens (tertiary/aromatic N) is 3. The third-order valence-corrected chi connectivity index (χ3v) is 7.65. The van der Waals surface area contributed by atoms with E-state index in [1.165, 1.54) is 0 Å². The molecule has 0 radical (unpaired) electrons. The Hall–Kier alpha value is -3.30. The van der Waals surface area contributed by atoms with E-state index in [1.807, 2.05) is 54.8 Å². The number of phenols is 1. The summed E-state index contributed by atoms with van der Waals surface area (Å²) >= 11 is 18.8. The second-order valence-corrected chi connectivity index (χ2v) is 10.5. The molecule has 0 amide bonds. The van der Waals surface area contributed by atoms with Crippen LogP contribution in [0.4, 0.5) is 5.69 Å². The number of anilines is 1. The minimum atomic E-state index is -0.259. The molecule has 4 aromatic rings. The Labute approximate surface area is 242 Å². The van der Waals surface area contributed by atoms with Crippen molar-refractivity contribution >= 4 is 46.2 Å². The Morgan fingerprint density at radius 2 is 1.87 bits per heavy atom. The maximum absolute atomic E-state index is 10.7. The van der Waals surface area contributed by atoms with Crippen molar-refractivity contribution in [2.45, 2.75) is 25.9 Å². The molecule has 2 aromatic heterocycles. The molecule has 0 aliphatic carbocycles. The van der Waals surface area contributed by atoms with Gasteiger partial charge in [0, 0.05) is 35.4 Å². The highest BCUT2D eigenvalue weighted by atomic mass is 35.5. The third-order valence-electron chi connectivity index (χ3n) is 6.80. The van der Waals surface area contributed by atoms with Crippen molar-refractivity contribution in [3.05, 3.63) is 99.6 Å². The first-order valence-electron chi connectivity index (χ1n) is 12.4. The number of benzene rings is 2. The van der Waals surface area contributed by atoms with Crippen LogP contribution in [0.2, 0.25) is 10.0 Å². The number of nitrogens with one attached hydrogen (secondary N) is 1. The van der Waals surface area contributed by atoms with E-state index in [-0.39, 0.29) is 17.8 Å². The Balaban J connectivity index is 1.62. The van der Waals surface area contributed by atoms with Crippen LogP contribution in [0.5, 0.6) is 11.5 Å². The van der Waals surface area contributed by atoms with Crippen LogP contribution in [-0.4, -0.2) is 40.1 Å². The number of thiocarbonyl (C=S) groups is 1. The zero-order valence-corrected chi connectivity index (χ0v) is 24.0. The number of ether oxygens (including phenoxy) is 2. The minimum Gasteiger partial charge on any atom is -0.506 e. The van der Waals surface area contributed by atoms with E-state index in [0.29, 0.717) is 39.8 Å². The van der Waals surface area contributed by atoms with Crippen LogP contribution in [0.3, 0.4) is 0 Å². The first kappa shape index (κ1) is 27.3. The van der Waals surface area contributed by atoms with Gasteiger partial charge >= 0.3 is 0 Å². The summed E-state index contributed by atoms with van der Waals surface area (Å²) in [6.07, 6.45) is 1.77. The van der Waals surface area contributed by atoms with Gasteiger partial charge in [0.15, 0.2) is 5.11 Å².